The Balaban J connectivity index is 1.57. The van der Waals surface area contributed by atoms with Crippen molar-refractivity contribution in [2.24, 2.45) is 0 Å². The Morgan fingerprint density at radius 3 is 2.63 bits per heavy atom. The highest BCUT2D eigenvalue weighted by Gasteiger charge is 2.06. The summed E-state index contributed by atoms with van der Waals surface area (Å²) in [5.41, 5.74) is 5.07. The van der Waals surface area contributed by atoms with Crippen LogP contribution in [0.3, 0.4) is 0 Å². The van der Waals surface area contributed by atoms with Crippen molar-refractivity contribution in [3.8, 4) is 22.7 Å². The van der Waals surface area contributed by atoms with E-state index in [4.69, 9.17) is 4.74 Å². The van der Waals surface area contributed by atoms with Crippen molar-refractivity contribution in [3.63, 3.8) is 0 Å². The quantitative estimate of drug-likeness (QED) is 0.561. The lowest BCUT2D eigenvalue weighted by Crippen LogP contribution is -1.95. The van der Waals surface area contributed by atoms with Gasteiger partial charge in [-0.25, -0.2) is 9.97 Å². The second-order valence-electron chi connectivity index (χ2n) is 6.24. The van der Waals surface area contributed by atoms with Crippen LogP contribution in [0, 0.1) is 6.92 Å². The molecule has 0 atom stereocenters. The van der Waals surface area contributed by atoms with Crippen LogP contribution in [0.5, 0.6) is 5.75 Å². The predicted octanol–water partition coefficient (Wildman–Crippen LogP) is 4.75. The van der Waals surface area contributed by atoms with E-state index in [0.717, 1.165) is 39.8 Å². The number of nitrogens with zero attached hydrogens (tertiary/aromatic N) is 3. The summed E-state index contributed by atoms with van der Waals surface area (Å²) in [6.07, 6.45) is 9.58. The highest BCUT2D eigenvalue weighted by Crippen LogP contribution is 2.25. The SMILES string of the molecule is COc1cc(/C=C/c2ncc(-c3ccccc3)[nH]2)ccc1-n1cnc(C)c1. The Morgan fingerprint density at radius 1 is 1.04 bits per heavy atom. The molecule has 0 spiro atoms. The Morgan fingerprint density at radius 2 is 1.89 bits per heavy atom. The molecule has 0 radical (unpaired) electrons. The lowest BCUT2D eigenvalue weighted by atomic mass is 10.1. The molecule has 2 aromatic carbocycles. The van der Waals surface area contributed by atoms with Gasteiger partial charge in [-0.1, -0.05) is 42.5 Å². The van der Waals surface area contributed by atoms with Gasteiger partial charge < -0.3 is 14.3 Å². The molecule has 2 heterocycles. The number of methoxy groups -OCH3 is 1. The van der Waals surface area contributed by atoms with Crippen molar-refractivity contribution in [2.75, 3.05) is 7.11 Å². The Bertz CT molecular complexity index is 1080. The Hall–Kier alpha value is -3.60. The number of aromatic amines is 1. The van der Waals surface area contributed by atoms with E-state index < -0.39 is 0 Å². The third kappa shape index (κ3) is 3.67. The number of nitrogens with one attached hydrogen (secondary N) is 1. The molecule has 134 valence electrons. The number of ether oxygens (including phenoxy) is 1. The van der Waals surface area contributed by atoms with E-state index in [1.807, 2.05) is 72.4 Å². The third-order valence-electron chi connectivity index (χ3n) is 4.31. The van der Waals surface area contributed by atoms with Crippen LogP contribution in [0.4, 0.5) is 0 Å². The molecule has 5 nitrogen and oxygen atoms in total. The minimum Gasteiger partial charge on any atom is -0.495 e. The van der Waals surface area contributed by atoms with Gasteiger partial charge in [-0.2, -0.15) is 0 Å². The fraction of sp³-hybridized carbons (Fsp3) is 0.0909. The molecule has 4 rings (SSSR count). The van der Waals surface area contributed by atoms with E-state index >= 15 is 0 Å². The molecule has 0 unspecified atom stereocenters. The van der Waals surface area contributed by atoms with Crippen LogP contribution in [0.1, 0.15) is 17.1 Å². The Labute approximate surface area is 158 Å². The van der Waals surface area contributed by atoms with Crippen LogP contribution in [-0.4, -0.2) is 26.6 Å². The van der Waals surface area contributed by atoms with Crippen molar-refractivity contribution >= 4 is 12.2 Å². The van der Waals surface area contributed by atoms with Gasteiger partial charge in [-0.3, -0.25) is 0 Å². The maximum Gasteiger partial charge on any atom is 0.143 e. The van der Waals surface area contributed by atoms with Gasteiger partial charge in [0.05, 0.1) is 36.7 Å². The third-order valence-corrected chi connectivity index (χ3v) is 4.31. The normalized spacial score (nSPS) is 11.2. The number of aryl methyl sites for hydroxylation is 1. The first-order chi connectivity index (χ1) is 13.2. The standard InChI is InChI=1S/C22H20N4O/c1-16-14-26(15-24-16)20-10-8-17(12-21(20)27-2)9-11-22-23-13-19(25-22)18-6-4-3-5-7-18/h3-15H,1-2H3,(H,23,25)/b11-9+. The van der Waals surface area contributed by atoms with Crippen molar-refractivity contribution in [3.05, 3.63) is 84.3 Å². The first-order valence-electron chi connectivity index (χ1n) is 8.70. The summed E-state index contributed by atoms with van der Waals surface area (Å²) in [6, 6.07) is 16.2. The van der Waals surface area contributed by atoms with E-state index in [0.29, 0.717) is 0 Å². The number of hydrogen-bond acceptors (Lipinski definition) is 3. The highest BCUT2D eigenvalue weighted by atomic mass is 16.5. The number of aromatic nitrogens is 4. The molecule has 27 heavy (non-hydrogen) atoms. The number of H-pyrrole nitrogens is 1. The number of hydrogen-bond donors (Lipinski definition) is 1. The van der Waals surface area contributed by atoms with Crippen LogP contribution in [0.2, 0.25) is 0 Å². The zero-order valence-corrected chi connectivity index (χ0v) is 15.3. The largest absolute Gasteiger partial charge is 0.495 e. The fourth-order valence-corrected chi connectivity index (χ4v) is 2.93. The average Bonchev–Trinajstić information content (AvgIpc) is 3.36. The van der Waals surface area contributed by atoms with Gasteiger partial charge in [-0.05, 0) is 36.3 Å². The van der Waals surface area contributed by atoms with Gasteiger partial charge in [-0.15, -0.1) is 0 Å². The lowest BCUT2D eigenvalue weighted by Gasteiger charge is -2.09. The van der Waals surface area contributed by atoms with Crippen molar-refractivity contribution in [1.29, 1.82) is 0 Å². The number of benzene rings is 2. The molecule has 1 N–H and O–H groups in total. The van der Waals surface area contributed by atoms with Crippen LogP contribution in [0.15, 0.2) is 67.3 Å². The van der Waals surface area contributed by atoms with Gasteiger partial charge in [0.1, 0.15) is 11.6 Å². The molecular weight excluding hydrogens is 336 g/mol. The maximum atomic E-state index is 5.56. The van der Waals surface area contributed by atoms with Gasteiger partial charge in [0.15, 0.2) is 0 Å². The molecule has 0 amide bonds. The summed E-state index contributed by atoms with van der Waals surface area (Å²) < 4.78 is 7.52. The molecule has 0 fully saturated rings. The van der Waals surface area contributed by atoms with E-state index in [2.05, 4.69) is 27.1 Å². The molecule has 0 aliphatic carbocycles. The number of imidazole rings is 2. The zero-order valence-electron chi connectivity index (χ0n) is 15.3. The molecule has 4 aromatic rings. The average molecular weight is 356 g/mol. The van der Waals surface area contributed by atoms with Crippen LogP contribution < -0.4 is 4.74 Å². The molecule has 2 aromatic heterocycles. The summed E-state index contributed by atoms with van der Waals surface area (Å²) in [5, 5.41) is 0. The molecule has 0 bridgehead atoms. The predicted molar refractivity (Wildman–Crippen MR) is 108 cm³/mol. The second-order valence-corrected chi connectivity index (χ2v) is 6.24. The van der Waals surface area contributed by atoms with E-state index in [-0.39, 0.29) is 0 Å². The van der Waals surface area contributed by atoms with Gasteiger partial charge >= 0.3 is 0 Å². The molecule has 0 saturated heterocycles. The molecule has 0 aliphatic heterocycles. The van der Waals surface area contributed by atoms with E-state index in [9.17, 15) is 0 Å². The van der Waals surface area contributed by atoms with Crippen LogP contribution in [0.25, 0.3) is 29.1 Å². The van der Waals surface area contributed by atoms with Crippen LogP contribution >= 0.6 is 0 Å². The van der Waals surface area contributed by atoms with Crippen molar-refractivity contribution in [2.45, 2.75) is 6.92 Å². The molecule has 5 heteroatoms. The van der Waals surface area contributed by atoms with Crippen LogP contribution in [-0.2, 0) is 0 Å². The van der Waals surface area contributed by atoms with Gasteiger partial charge in [0.25, 0.3) is 0 Å². The second kappa shape index (κ2) is 7.33. The summed E-state index contributed by atoms with van der Waals surface area (Å²) >= 11 is 0. The first-order valence-corrected chi connectivity index (χ1v) is 8.70. The fourth-order valence-electron chi connectivity index (χ4n) is 2.93. The number of rotatable bonds is 5. The summed E-state index contributed by atoms with van der Waals surface area (Å²) in [4.78, 5) is 12.0. The summed E-state index contributed by atoms with van der Waals surface area (Å²) in [7, 11) is 1.68. The monoisotopic (exact) mass is 356 g/mol. The highest BCUT2D eigenvalue weighted by molar-refractivity contribution is 5.70. The molecule has 0 aliphatic rings. The maximum absolute atomic E-state index is 5.56. The Kier molecular flexibility index (Phi) is 4.58. The first kappa shape index (κ1) is 16.8. The minimum atomic E-state index is 0.791. The topological polar surface area (TPSA) is 55.7 Å². The van der Waals surface area contributed by atoms with Crippen molar-refractivity contribution in [1.82, 2.24) is 19.5 Å². The lowest BCUT2D eigenvalue weighted by molar-refractivity contribution is 0.413. The van der Waals surface area contributed by atoms with E-state index in [1.54, 1.807) is 13.4 Å². The summed E-state index contributed by atoms with van der Waals surface area (Å²) in [6.45, 7) is 1.97. The van der Waals surface area contributed by atoms with Gasteiger partial charge in [0.2, 0.25) is 0 Å². The minimum absolute atomic E-state index is 0.791. The smallest absolute Gasteiger partial charge is 0.143 e. The summed E-state index contributed by atoms with van der Waals surface area (Å²) in [5.74, 6) is 1.60. The van der Waals surface area contributed by atoms with Crippen molar-refractivity contribution < 1.29 is 4.74 Å². The molecule has 0 saturated carbocycles. The zero-order chi connectivity index (χ0) is 18.6. The van der Waals surface area contributed by atoms with E-state index in [1.165, 1.54) is 0 Å². The van der Waals surface area contributed by atoms with Gasteiger partial charge in [0, 0.05) is 6.20 Å². The molecular formula is C22H20N4O.